The van der Waals surface area contributed by atoms with Gasteiger partial charge in [-0.25, -0.2) is 0 Å². The van der Waals surface area contributed by atoms with Crippen molar-refractivity contribution in [1.82, 2.24) is 15.5 Å². The summed E-state index contributed by atoms with van der Waals surface area (Å²) in [5.41, 5.74) is 0. The second-order valence-corrected chi connectivity index (χ2v) is 6.34. The molecule has 0 aromatic rings. The van der Waals surface area contributed by atoms with Gasteiger partial charge in [-0.2, -0.15) is 0 Å². The summed E-state index contributed by atoms with van der Waals surface area (Å²) < 4.78 is 0. The highest BCUT2D eigenvalue weighted by Crippen LogP contribution is 2.26. The number of nitrogens with one attached hydrogen (secondary N) is 2. The first-order valence-corrected chi connectivity index (χ1v) is 7.84. The van der Waals surface area contributed by atoms with E-state index in [4.69, 9.17) is 12.2 Å². The van der Waals surface area contributed by atoms with Crippen molar-refractivity contribution in [2.75, 3.05) is 13.6 Å². The zero-order valence-corrected chi connectivity index (χ0v) is 12.6. The van der Waals surface area contributed by atoms with Crippen LogP contribution in [0.4, 0.5) is 0 Å². The molecule has 2 fully saturated rings. The molecule has 0 amide bonds. The van der Waals surface area contributed by atoms with Crippen molar-refractivity contribution in [2.45, 2.75) is 70.0 Å². The topological polar surface area (TPSA) is 27.3 Å². The van der Waals surface area contributed by atoms with Gasteiger partial charge in [0, 0.05) is 24.7 Å². The maximum Gasteiger partial charge on any atom is 0.166 e. The Kier molecular flexibility index (Phi) is 5.25. The van der Waals surface area contributed by atoms with Crippen LogP contribution in [0.3, 0.4) is 0 Å². The van der Waals surface area contributed by atoms with Gasteiger partial charge in [0.2, 0.25) is 0 Å². The second kappa shape index (κ2) is 6.71. The van der Waals surface area contributed by atoms with Crippen LogP contribution in [0.1, 0.15) is 51.9 Å². The zero-order chi connectivity index (χ0) is 13.0. The van der Waals surface area contributed by atoms with Crippen LogP contribution in [0.15, 0.2) is 0 Å². The van der Waals surface area contributed by atoms with Crippen molar-refractivity contribution in [2.24, 2.45) is 0 Å². The van der Waals surface area contributed by atoms with Crippen molar-refractivity contribution >= 4 is 17.3 Å². The van der Waals surface area contributed by atoms with Gasteiger partial charge in [-0.1, -0.05) is 19.3 Å². The predicted molar refractivity (Wildman–Crippen MR) is 80.9 cm³/mol. The molecular formula is C14H27N3S. The lowest BCUT2D eigenvalue weighted by atomic mass is 9.96. The molecule has 0 aromatic carbocycles. The molecule has 0 bridgehead atoms. The van der Waals surface area contributed by atoms with E-state index in [0.29, 0.717) is 12.1 Å². The van der Waals surface area contributed by atoms with E-state index in [1.54, 1.807) is 0 Å². The fourth-order valence-corrected chi connectivity index (χ4v) is 2.96. The third-order valence-corrected chi connectivity index (χ3v) is 4.58. The minimum Gasteiger partial charge on any atom is -0.361 e. The molecular weight excluding hydrogens is 242 g/mol. The molecule has 2 saturated carbocycles. The molecule has 0 aliphatic heterocycles. The third-order valence-electron chi connectivity index (χ3n) is 4.32. The van der Waals surface area contributed by atoms with Crippen LogP contribution < -0.4 is 10.6 Å². The number of likely N-dealkylation sites (N-methyl/N-ethyl adjacent to an activating group) is 1. The summed E-state index contributed by atoms with van der Waals surface area (Å²) in [6, 6.07) is 1.99. The summed E-state index contributed by atoms with van der Waals surface area (Å²) in [6.45, 7) is 3.22. The Hall–Kier alpha value is -0.350. The highest BCUT2D eigenvalue weighted by atomic mass is 32.1. The smallest absolute Gasteiger partial charge is 0.166 e. The Balaban J connectivity index is 1.61. The van der Waals surface area contributed by atoms with E-state index in [9.17, 15) is 0 Å². The molecule has 2 aliphatic rings. The van der Waals surface area contributed by atoms with Crippen LogP contribution in [0.25, 0.3) is 0 Å². The van der Waals surface area contributed by atoms with E-state index in [1.165, 1.54) is 44.9 Å². The van der Waals surface area contributed by atoms with E-state index >= 15 is 0 Å². The summed E-state index contributed by atoms with van der Waals surface area (Å²) in [4.78, 5) is 2.47. The molecule has 0 saturated heterocycles. The largest absolute Gasteiger partial charge is 0.361 e. The number of hydrogen-bond donors (Lipinski definition) is 2. The average molecular weight is 269 g/mol. The quantitative estimate of drug-likeness (QED) is 0.749. The Bertz CT molecular complexity index is 272. The third kappa shape index (κ3) is 4.39. The van der Waals surface area contributed by atoms with Gasteiger partial charge in [0.05, 0.1) is 0 Å². The predicted octanol–water partition coefficient (Wildman–Crippen LogP) is 2.27. The molecule has 18 heavy (non-hydrogen) atoms. The summed E-state index contributed by atoms with van der Waals surface area (Å²) in [5.74, 6) is 0. The van der Waals surface area contributed by atoms with E-state index < -0.39 is 0 Å². The minimum atomic E-state index is 0.559. The molecule has 104 valence electrons. The summed E-state index contributed by atoms with van der Waals surface area (Å²) >= 11 is 5.38. The van der Waals surface area contributed by atoms with E-state index in [-0.39, 0.29) is 0 Å². The molecule has 2 N–H and O–H groups in total. The van der Waals surface area contributed by atoms with Crippen molar-refractivity contribution < 1.29 is 0 Å². The molecule has 0 heterocycles. The molecule has 0 aromatic heterocycles. The second-order valence-electron chi connectivity index (χ2n) is 5.93. The number of nitrogens with zero attached hydrogens (tertiary/aromatic N) is 1. The minimum absolute atomic E-state index is 0.559. The van der Waals surface area contributed by atoms with Crippen LogP contribution in [0, 0.1) is 0 Å². The average Bonchev–Trinajstić information content (AvgIpc) is 3.20. The SMILES string of the molecule is CC(CNC(=S)NC1CCCCC1)N(C)C1CC1. The molecule has 2 aliphatic carbocycles. The Morgan fingerprint density at radius 3 is 2.50 bits per heavy atom. The van der Waals surface area contributed by atoms with Crippen LogP contribution in [-0.2, 0) is 0 Å². The lowest BCUT2D eigenvalue weighted by Crippen LogP contribution is -2.47. The molecule has 4 heteroatoms. The van der Waals surface area contributed by atoms with Gasteiger partial charge in [-0.15, -0.1) is 0 Å². The molecule has 3 nitrogen and oxygen atoms in total. The van der Waals surface area contributed by atoms with Crippen LogP contribution >= 0.6 is 12.2 Å². The molecule has 2 rings (SSSR count). The first-order chi connectivity index (χ1) is 8.66. The van der Waals surface area contributed by atoms with Gasteiger partial charge in [-0.05, 0) is 51.9 Å². The summed E-state index contributed by atoms with van der Waals surface area (Å²) in [5, 5.41) is 7.68. The van der Waals surface area contributed by atoms with Crippen LogP contribution in [0.5, 0.6) is 0 Å². The van der Waals surface area contributed by atoms with Crippen LogP contribution in [-0.4, -0.2) is 41.7 Å². The number of hydrogen-bond acceptors (Lipinski definition) is 2. The maximum absolute atomic E-state index is 5.38. The number of thiocarbonyl (C=S) groups is 1. The first-order valence-electron chi connectivity index (χ1n) is 7.43. The fraction of sp³-hybridized carbons (Fsp3) is 0.929. The van der Waals surface area contributed by atoms with Gasteiger partial charge in [0.15, 0.2) is 5.11 Å². The van der Waals surface area contributed by atoms with Crippen molar-refractivity contribution in [1.29, 1.82) is 0 Å². The van der Waals surface area contributed by atoms with Crippen molar-refractivity contribution in [3.05, 3.63) is 0 Å². The molecule has 0 spiro atoms. The van der Waals surface area contributed by atoms with Crippen molar-refractivity contribution in [3.63, 3.8) is 0 Å². The van der Waals surface area contributed by atoms with Gasteiger partial charge in [-0.3, -0.25) is 4.90 Å². The normalized spacial score (nSPS) is 22.8. The Morgan fingerprint density at radius 2 is 1.89 bits per heavy atom. The van der Waals surface area contributed by atoms with Gasteiger partial charge >= 0.3 is 0 Å². The van der Waals surface area contributed by atoms with Gasteiger partial charge < -0.3 is 10.6 Å². The lowest BCUT2D eigenvalue weighted by Gasteiger charge is -2.27. The first kappa shape index (κ1) is 14.1. The highest BCUT2D eigenvalue weighted by molar-refractivity contribution is 7.80. The van der Waals surface area contributed by atoms with E-state index in [0.717, 1.165) is 17.7 Å². The molecule has 1 atom stereocenters. The Labute approximate surface area is 117 Å². The fourth-order valence-electron chi connectivity index (χ4n) is 2.71. The monoisotopic (exact) mass is 269 g/mol. The molecule has 1 unspecified atom stereocenters. The van der Waals surface area contributed by atoms with E-state index in [2.05, 4.69) is 29.5 Å². The summed E-state index contributed by atoms with van der Waals surface area (Å²) in [7, 11) is 2.22. The number of rotatable bonds is 5. The Morgan fingerprint density at radius 1 is 1.22 bits per heavy atom. The maximum atomic E-state index is 5.38. The van der Waals surface area contributed by atoms with Crippen LogP contribution in [0.2, 0.25) is 0 Å². The highest BCUT2D eigenvalue weighted by Gasteiger charge is 2.29. The van der Waals surface area contributed by atoms with Crippen molar-refractivity contribution in [3.8, 4) is 0 Å². The summed E-state index contributed by atoms with van der Waals surface area (Å²) in [6.07, 6.45) is 9.37. The van der Waals surface area contributed by atoms with Gasteiger partial charge in [0.1, 0.15) is 0 Å². The van der Waals surface area contributed by atoms with Gasteiger partial charge in [0.25, 0.3) is 0 Å². The zero-order valence-electron chi connectivity index (χ0n) is 11.7. The van der Waals surface area contributed by atoms with E-state index in [1.807, 2.05) is 0 Å². The molecule has 0 radical (unpaired) electrons. The standard InChI is InChI=1S/C14H27N3S/c1-11(17(2)13-8-9-13)10-15-14(18)16-12-6-4-3-5-7-12/h11-13H,3-10H2,1-2H3,(H2,15,16,18). The lowest BCUT2D eigenvalue weighted by molar-refractivity contribution is 0.247.